The lowest BCUT2D eigenvalue weighted by molar-refractivity contribution is -0.124. The number of hydrogen-bond donors (Lipinski definition) is 2. The zero-order valence-corrected chi connectivity index (χ0v) is 12.6. The smallest absolute Gasteiger partial charge is 0.244 e. The van der Waals surface area contributed by atoms with Crippen LogP contribution < -0.4 is 15.0 Å². The van der Waals surface area contributed by atoms with E-state index in [-0.39, 0.29) is 5.91 Å². The Hall–Kier alpha value is -1.79. The van der Waals surface area contributed by atoms with Gasteiger partial charge >= 0.3 is 0 Å². The largest absolute Gasteiger partial charge is 0.496 e. The summed E-state index contributed by atoms with van der Waals surface area (Å²) in [6, 6.07) is 5.15. The van der Waals surface area contributed by atoms with Crippen molar-refractivity contribution in [1.29, 1.82) is 0 Å². The number of anilines is 1. The molecule has 1 aromatic carbocycles. The number of nitrogens with zero attached hydrogens (tertiary/aromatic N) is 1. The average molecular weight is 294 g/mol. The molecule has 1 saturated heterocycles. The Morgan fingerprint density at radius 1 is 1.57 bits per heavy atom. The Bertz CT molecular complexity index is 504. The topological polar surface area (TPSA) is 71.0 Å². The number of aliphatic hydroxyl groups excluding tert-OH is 1. The second-order valence-corrected chi connectivity index (χ2v) is 4.97. The molecule has 1 unspecified atom stereocenters. The van der Waals surface area contributed by atoms with Crippen molar-refractivity contribution in [3.05, 3.63) is 23.8 Å². The van der Waals surface area contributed by atoms with Gasteiger partial charge in [-0.2, -0.15) is 0 Å². The standard InChI is InChI=1S/C15H22N2O4/c1-10(18)14-11(5-4-6-13(14)20-3)17-7-8-21-9-12(17)15(19)16-2/h4-6,10,12,18H,7-9H2,1-3H3,(H,16,19)/t10-,12?/m0/s1. The van der Waals surface area contributed by atoms with E-state index in [4.69, 9.17) is 9.47 Å². The van der Waals surface area contributed by atoms with Gasteiger partial charge in [-0.15, -0.1) is 0 Å². The number of likely N-dealkylation sites (N-methyl/N-ethyl adjacent to an activating group) is 1. The lowest BCUT2D eigenvalue weighted by Gasteiger charge is -2.37. The van der Waals surface area contributed by atoms with Crippen LogP contribution in [0.2, 0.25) is 0 Å². The third-order valence-corrected chi connectivity index (χ3v) is 3.67. The molecule has 0 radical (unpaired) electrons. The molecule has 2 N–H and O–H groups in total. The van der Waals surface area contributed by atoms with Gasteiger partial charge in [-0.05, 0) is 19.1 Å². The van der Waals surface area contributed by atoms with Crippen LogP contribution in [-0.4, -0.2) is 51.0 Å². The van der Waals surface area contributed by atoms with E-state index >= 15 is 0 Å². The summed E-state index contributed by atoms with van der Waals surface area (Å²) in [6.07, 6.45) is -0.690. The van der Waals surface area contributed by atoms with Gasteiger partial charge in [0.05, 0.1) is 26.4 Å². The summed E-state index contributed by atoms with van der Waals surface area (Å²) in [6.45, 7) is 3.15. The molecule has 0 aromatic heterocycles. The highest BCUT2D eigenvalue weighted by atomic mass is 16.5. The minimum Gasteiger partial charge on any atom is -0.496 e. The fourth-order valence-corrected chi connectivity index (χ4v) is 2.66. The fraction of sp³-hybridized carbons (Fsp3) is 0.533. The maximum atomic E-state index is 12.1. The van der Waals surface area contributed by atoms with E-state index in [1.165, 1.54) is 0 Å². The second-order valence-electron chi connectivity index (χ2n) is 4.97. The van der Waals surface area contributed by atoms with Gasteiger partial charge < -0.3 is 24.8 Å². The van der Waals surface area contributed by atoms with Crippen LogP contribution in [-0.2, 0) is 9.53 Å². The highest BCUT2D eigenvalue weighted by molar-refractivity contribution is 5.86. The zero-order valence-electron chi connectivity index (χ0n) is 12.6. The molecule has 1 aliphatic rings. The summed E-state index contributed by atoms with van der Waals surface area (Å²) in [5, 5.41) is 12.7. The van der Waals surface area contributed by atoms with Gasteiger partial charge in [0.1, 0.15) is 11.8 Å². The van der Waals surface area contributed by atoms with Crippen molar-refractivity contribution in [3.8, 4) is 5.75 Å². The van der Waals surface area contributed by atoms with Gasteiger partial charge in [0.2, 0.25) is 5.91 Å². The molecule has 1 fully saturated rings. The molecule has 1 heterocycles. The minimum atomic E-state index is -0.690. The van der Waals surface area contributed by atoms with Crippen molar-refractivity contribution in [1.82, 2.24) is 5.32 Å². The molecule has 21 heavy (non-hydrogen) atoms. The van der Waals surface area contributed by atoms with Gasteiger partial charge in [-0.25, -0.2) is 0 Å². The Kier molecular flexibility index (Phi) is 5.03. The van der Waals surface area contributed by atoms with Gasteiger partial charge in [0.15, 0.2) is 0 Å². The maximum absolute atomic E-state index is 12.1. The van der Waals surface area contributed by atoms with Crippen molar-refractivity contribution in [2.45, 2.75) is 19.1 Å². The average Bonchev–Trinajstić information content (AvgIpc) is 2.53. The van der Waals surface area contributed by atoms with Crippen molar-refractivity contribution >= 4 is 11.6 Å². The van der Waals surface area contributed by atoms with E-state index < -0.39 is 12.1 Å². The first-order valence-electron chi connectivity index (χ1n) is 7.01. The highest BCUT2D eigenvalue weighted by Gasteiger charge is 2.31. The normalized spacial score (nSPS) is 20.0. The highest BCUT2D eigenvalue weighted by Crippen LogP contribution is 2.36. The summed E-state index contributed by atoms with van der Waals surface area (Å²) in [7, 11) is 3.18. The first-order valence-corrected chi connectivity index (χ1v) is 7.01. The molecule has 2 atom stereocenters. The molecule has 0 aliphatic carbocycles. The number of benzene rings is 1. The van der Waals surface area contributed by atoms with Crippen molar-refractivity contribution < 1.29 is 19.4 Å². The first kappa shape index (κ1) is 15.6. The lowest BCUT2D eigenvalue weighted by atomic mass is 10.0. The summed E-state index contributed by atoms with van der Waals surface area (Å²) >= 11 is 0. The number of amides is 1. The molecule has 2 rings (SSSR count). The number of morpholine rings is 1. The third kappa shape index (κ3) is 3.11. The van der Waals surface area contributed by atoms with Crippen LogP contribution in [0.5, 0.6) is 5.75 Å². The molecule has 1 aliphatic heterocycles. The molecule has 0 spiro atoms. The summed E-state index contributed by atoms with van der Waals surface area (Å²) in [4.78, 5) is 14.0. The van der Waals surface area contributed by atoms with E-state index in [2.05, 4.69) is 5.32 Å². The van der Waals surface area contributed by atoms with Crippen LogP contribution in [0.3, 0.4) is 0 Å². The Balaban J connectivity index is 2.45. The van der Waals surface area contributed by atoms with Crippen LogP contribution in [0, 0.1) is 0 Å². The summed E-state index contributed by atoms with van der Waals surface area (Å²) in [5.74, 6) is 0.513. The molecule has 1 amide bonds. The predicted molar refractivity (Wildman–Crippen MR) is 79.6 cm³/mol. The number of methoxy groups -OCH3 is 1. The molecule has 6 heteroatoms. The molecular formula is C15H22N2O4. The van der Waals surface area contributed by atoms with E-state index in [1.807, 2.05) is 17.0 Å². The van der Waals surface area contributed by atoms with Crippen LogP contribution in [0.4, 0.5) is 5.69 Å². The Morgan fingerprint density at radius 3 is 2.95 bits per heavy atom. The number of rotatable bonds is 4. The zero-order chi connectivity index (χ0) is 15.4. The third-order valence-electron chi connectivity index (χ3n) is 3.67. The van der Waals surface area contributed by atoms with E-state index in [0.717, 1.165) is 5.69 Å². The second kappa shape index (κ2) is 6.78. The van der Waals surface area contributed by atoms with Crippen LogP contribution in [0.15, 0.2) is 18.2 Å². The molecule has 116 valence electrons. The SMILES string of the molecule is CNC(=O)C1COCCN1c1cccc(OC)c1[C@H](C)O. The summed E-state index contributed by atoms with van der Waals surface area (Å²) < 4.78 is 10.8. The van der Waals surface area contributed by atoms with Crippen LogP contribution >= 0.6 is 0 Å². The molecule has 6 nitrogen and oxygen atoms in total. The first-order chi connectivity index (χ1) is 10.1. The lowest BCUT2D eigenvalue weighted by Crippen LogP contribution is -2.53. The van der Waals surface area contributed by atoms with Gasteiger partial charge in [-0.1, -0.05) is 6.07 Å². The number of hydrogen-bond acceptors (Lipinski definition) is 5. The molecular weight excluding hydrogens is 272 g/mol. The molecule has 1 aromatic rings. The number of nitrogens with one attached hydrogen (secondary N) is 1. The van der Waals surface area contributed by atoms with Gasteiger partial charge in [0, 0.05) is 24.8 Å². The van der Waals surface area contributed by atoms with Crippen LogP contribution in [0.25, 0.3) is 0 Å². The number of ether oxygens (including phenoxy) is 2. The Morgan fingerprint density at radius 2 is 2.33 bits per heavy atom. The predicted octanol–water partition coefficient (Wildman–Crippen LogP) is 0.700. The fourth-order valence-electron chi connectivity index (χ4n) is 2.66. The van der Waals surface area contributed by atoms with Crippen LogP contribution in [0.1, 0.15) is 18.6 Å². The van der Waals surface area contributed by atoms with E-state index in [9.17, 15) is 9.90 Å². The number of carbonyl (C=O) groups excluding carboxylic acids is 1. The van der Waals surface area contributed by atoms with Gasteiger partial charge in [0.25, 0.3) is 0 Å². The molecule has 0 bridgehead atoms. The van der Waals surface area contributed by atoms with E-state index in [0.29, 0.717) is 31.1 Å². The van der Waals surface area contributed by atoms with Gasteiger partial charge in [-0.3, -0.25) is 4.79 Å². The number of aliphatic hydroxyl groups is 1. The Labute approximate surface area is 124 Å². The summed E-state index contributed by atoms with van der Waals surface area (Å²) in [5.41, 5.74) is 1.50. The number of carbonyl (C=O) groups is 1. The van der Waals surface area contributed by atoms with E-state index in [1.54, 1.807) is 27.1 Å². The van der Waals surface area contributed by atoms with Crippen molar-refractivity contribution in [3.63, 3.8) is 0 Å². The maximum Gasteiger partial charge on any atom is 0.244 e. The van der Waals surface area contributed by atoms with Crippen molar-refractivity contribution in [2.24, 2.45) is 0 Å². The minimum absolute atomic E-state index is 0.103. The van der Waals surface area contributed by atoms with Crippen molar-refractivity contribution in [2.75, 3.05) is 38.8 Å². The quantitative estimate of drug-likeness (QED) is 0.855. The molecule has 0 saturated carbocycles. The monoisotopic (exact) mass is 294 g/mol.